The number of hydrogen-bond donors (Lipinski definition) is 2. The Balaban J connectivity index is 1.42. The number of anilines is 1. The molecule has 7 heteroatoms. The van der Waals surface area contributed by atoms with Crippen molar-refractivity contribution in [2.75, 3.05) is 18.4 Å². The van der Waals surface area contributed by atoms with Gasteiger partial charge in [0.25, 0.3) is 0 Å². The van der Waals surface area contributed by atoms with E-state index in [1.54, 1.807) is 35.6 Å². The van der Waals surface area contributed by atoms with Crippen molar-refractivity contribution < 1.29 is 9.59 Å². The summed E-state index contributed by atoms with van der Waals surface area (Å²) < 4.78 is 0. The van der Waals surface area contributed by atoms with Gasteiger partial charge in [0.15, 0.2) is 0 Å². The number of carbonyl (C=O) groups excluding carboxylic acids is 2. The molecule has 2 amide bonds. The summed E-state index contributed by atoms with van der Waals surface area (Å²) >= 11 is 7.60. The predicted octanol–water partition coefficient (Wildman–Crippen LogP) is 4.26. The molecule has 3 aromatic rings. The first kappa shape index (κ1) is 20.6. The molecule has 0 bridgehead atoms. The summed E-state index contributed by atoms with van der Waals surface area (Å²) in [6, 6.07) is 19.3. The minimum absolute atomic E-state index is 0.0151. The fourth-order valence-electron chi connectivity index (χ4n) is 3.70. The highest BCUT2D eigenvalue weighted by Crippen LogP contribution is 2.30. The van der Waals surface area contributed by atoms with E-state index in [1.807, 2.05) is 11.4 Å². The van der Waals surface area contributed by atoms with Gasteiger partial charge >= 0.3 is 11.8 Å². The molecule has 1 atom stereocenters. The zero-order chi connectivity index (χ0) is 20.9. The smallest absolute Gasteiger partial charge is 0.313 e. The average Bonchev–Trinajstić information content (AvgIpc) is 3.28. The SMILES string of the molecule is O=C(NC[C@@H](c1cccs1)N1CCc2ccccc2C1)C(=O)Nc1cccc(Cl)c1. The van der Waals surface area contributed by atoms with Crippen LogP contribution in [0.25, 0.3) is 0 Å². The van der Waals surface area contributed by atoms with Crippen LogP contribution in [0.5, 0.6) is 0 Å². The molecule has 5 nitrogen and oxygen atoms in total. The van der Waals surface area contributed by atoms with E-state index in [9.17, 15) is 9.59 Å². The van der Waals surface area contributed by atoms with Crippen LogP contribution >= 0.6 is 22.9 Å². The van der Waals surface area contributed by atoms with Gasteiger partial charge in [0, 0.05) is 35.2 Å². The number of nitrogens with one attached hydrogen (secondary N) is 2. The molecule has 0 spiro atoms. The number of nitrogens with zero attached hydrogens (tertiary/aromatic N) is 1. The Bertz CT molecular complexity index is 1040. The summed E-state index contributed by atoms with van der Waals surface area (Å²) in [5.74, 6) is -1.36. The van der Waals surface area contributed by atoms with Crippen molar-refractivity contribution in [3.63, 3.8) is 0 Å². The maximum absolute atomic E-state index is 12.4. The minimum atomic E-state index is -0.703. The van der Waals surface area contributed by atoms with Crippen molar-refractivity contribution in [3.8, 4) is 0 Å². The minimum Gasteiger partial charge on any atom is -0.346 e. The summed E-state index contributed by atoms with van der Waals surface area (Å²) in [5, 5.41) is 7.93. The Morgan fingerprint density at radius 1 is 1.03 bits per heavy atom. The highest BCUT2D eigenvalue weighted by molar-refractivity contribution is 7.10. The average molecular weight is 440 g/mol. The van der Waals surface area contributed by atoms with Crippen molar-refractivity contribution in [1.82, 2.24) is 10.2 Å². The van der Waals surface area contributed by atoms with E-state index in [0.717, 1.165) is 19.5 Å². The molecule has 0 fully saturated rings. The maximum Gasteiger partial charge on any atom is 0.313 e. The van der Waals surface area contributed by atoms with Gasteiger partial charge in [0.05, 0.1) is 6.04 Å². The van der Waals surface area contributed by atoms with E-state index >= 15 is 0 Å². The monoisotopic (exact) mass is 439 g/mol. The molecule has 1 aromatic heterocycles. The first-order chi connectivity index (χ1) is 14.6. The first-order valence-corrected chi connectivity index (χ1v) is 11.0. The van der Waals surface area contributed by atoms with E-state index in [0.29, 0.717) is 17.3 Å². The summed E-state index contributed by atoms with van der Waals surface area (Å²) in [4.78, 5) is 28.2. The zero-order valence-corrected chi connectivity index (χ0v) is 17.9. The molecule has 2 heterocycles. The van der Waals surface area contributed by atoms with Gasteiger partial charge in [-0.15, -0.1) is 11.3 Å². The van der Waals surface area contributed by atoms with Crippen LogP contribution in [0, 0.1) is 0 Å². The van der Waals surface area contributed by atoms with Crippen molar-refractivity contribution in [3.05, 3.63) is 87.1 Å². The fourth-order valence-corrected chi connectivity index (χ4v) is 4.75. The van der Waals surface area contributed by atoms with Crippen molar-refractivity contribution in [2.45, 2.75) is 19.0 Å². The molecule has 0 aliphatic carbocycles. The van der Waals surface area contributed by atoms with E-state index in [2.05, 4.69) is 45.9 Å². The second-order valence-corrected chi connectivity index (χ2v) is 8.61. The highest BCUT2D eigenvalue weighted by Gasteiger charge is 2.26. The predicted molar refractivity (Wildman–Crippen MR) is 121 cm³/mol. The molecule has 30 heavy (non-hydrogen) atoms. The highest BCUT2D eigenvalue weighted by atomic mass is 35.5. The largest absolute Gasteiger partial charge is 0.346 e. The number of halogens is 1. The normalized spacial score (nSPS) is 14.6. The van der Waals surface area contributed by atoms with Gasteiger partial charge in [-0.05, 0) is 47.2 Å². The van der Waals surface area contributed by atoms with Gasteiger partial charge < -0.3 is 10.6 Å². The second kappa shape index (κ2) is 9.43. The van der Waals surface area contributed by atoms with Crippen LogP contribution in [-0.4, -0.2) is 29.8 Å². The number of thiophene rings is 1. The topological polar surface area (TPSA) is 61.4 Å². The van der Waals surface area contributed by atoms with Gasteiger partial charge in [-0.2, -0.15) is 0 Å². The lowest BCUT2D eigenvalue weighted by Crippen LogP contribution is -2.43. The van der Waals surface area contributed by atoms with Gasteiger partial charge in [0.1, 0.15) is 0 Å². The molecule has 1 aliphatic heterocycles. The number of amides is 2. The Labute approximate surface area is 184 Å². The number of fused-ring (bicyclic) bond motifs is 1. The van der Waals surface area contributed by atoms with Gasteiger partial charge in [-0.3, -0.25) is 14.5 Å². The third-order valence-corrected chi connectivity index (χ3v) is 6.43. The summed E-state index contributed by atoms with van der Waals surface area (Å²) in [5.41, 5.74) is 3.18. The lowest BCUT2D eigenvalue weighted by atomic mass is 9.98. The van der Waals surface area contributed by atoms with Crippen LogP contribution in [0.2, 0.25) is 5.02 Å². The lowest BCUT2D eigenvalue weighted by molar-refractivity contribution is -0.136. The zero-order valence-electron chi connectivity index (χ0n) is 16.3. The van der Waals surface area contributed by atoms with Crippen LogP contribution in [0.3, 0.4) is 0 Å². The molecule has 0 saturated heterocycles. The standard InChI is InChI=1S/C23H22ClN3O2S/c24-18-7-3-8-19(13-18)26-23(29)22(28)25-14-20(21-9-4-12-30-21)27-11-10-16-5-1-2-6-17(16)15-27/h1-9,12-13,20H,10-11,14-15H2,(H,25,28)(H,26,29)/t20-/m0/s1. The molecule has 2 aromatic carbocycles. The molecule has 4 rings (SSSR count). The molecular formula is C23H22ClN3O2S. The van der Waals surface area contributed by atoms with E-state index in [-0.39, 0.29) is 6.04 Å². The quantitative estimate of drug-likeness (QED) is 0.584. The second-order valence-electron chi connectivity index (χ2n) is 7.19. The lowest BCUT2D eigenvalue weighted by Gasteiger charge is -2.35. The number of rotatable bonds is 5. The Morgan fingerprint density at radius 2 is 1.87 bits per heavy atom. The fraction of sp³-hybridized carbons (Fsp3) is 0.217. The number of hydrogen-bond acceptors (Lipinski definition) is 4. The summed E-state index contributed by atoms with van der Waals surface area (Å²) in [6.45, 7) is 2.10. The Hall–Kier alpha value is -2.67. The summed E-state index contributed by atoms with van der Waals surface area (Å²) in [7, 11) is 0. The van der Waals surface area contributed by atoms with E-state index in [4.69, 9.17) is 11.6 Å². The van der Waals surface area contributed by atoms with Crippen LogP contribution in [0.15, 0.2) is 66.0 Å². The molecular weight excluding hydrogens is 418 g/mol. The van der Waals surface area contributed by atoms with Crippen molar-refractivity contribution >= 4 is 40.4 Å². The third kappa shape index (κ3) is 4.90. The van der Waals surface area contributed by atoms with E-state index in [1.165, 1.54) is 16.0 Å². The van der Waals surface area contributed by atoms with Gasteiger partial charge in [-0.1, -0.05) is 48.0 Å². The molecule has 0 saturated carbocycles. The Kier molecular flexibility index (Phi) is 6.47. The number of benzene rings is 2. The van der Waals surface area contributed by atoms with Crippen LogP contribution in [0.1, 0.15) is 22.0 Å². The molecule has 1 aliphatic rings. The maximum atomic E-state index is 12.4. The van der Waals surface area contributed by atoms with E-state index < -0.39 is 11.8 Å². The van der Waals surface area contributed by atoms with Crippen LogP contribution < -0.4 is 10.6 Å². The summed E-state index contributed by atoms with van der Waals surface area (Å²) in [6.07, 6.45) is 0.973. The Morgan fingerprint density at radius 3 is 2.63 bits per heavy atom. The van der Waals surface area contributed by atoms with Crippen molar-refractivity contribution in [2.24, 2.45) is 0 Å². The van der Waals surface area contributed by atoms with Gasteiger partial charge in [-0.25, -0.2) is 0 Å². The molecule has 0 radical (unpaired) electrons. The molecule has 2 N–H and O–H groups in total. The first-order valence-electron chi connectivity index (χ1n) is 9.79. The van der Waals surface area contributed by atoms with Gasteiger partial charge in [0.2, 0.25) is 0 Å². The van der Waals surface area contributed by atoms with Crippen molar-refractivity contribution in [1.29, 1.82) is 0 Å². The molecule has 0 unspecified atom stereocenters. The number of carbonyl (C=O) groups is 2. The van der Waals surface area contributed by atoms with Crippen LogP contribution in [-0.2, 0) is 22.6 Å². The third-order valence-electron chi connectivity index (χ3n) is 5.22. The molecule has 154 valence electrons. The van der Waals surface area contributed by atoms with Crippen LogP contribution in [0.4, 0.5) is 5.69 Å².